The molecule has 1 saturated carbocycles. The van der Waals surface area contributed by atoms with Crippen LogP contribution in [0.5, 0.6) is 0 Å². The summed E-state index contributed by atoms with van der Waals surface area (Å²) in [5.74, 6) is -1.44. The Balaban J connectivity index is 3.41. The molecule has 0 aromatic rings. The maximum Gasteiger partial charge on any atom is 0.430 e. The van der Waals surface area contributed by atoms with Crippen LogP contribution in [-0.4, -0.2) is 52.8 Å². The van der Waals surface area contributed by atoms with Crippen LogP contribution in [0, 0.1) is 0 Å². The number of esters is 1. The molecule has 0 radical (unpaired) electrons. The number of hydrazine groups is 1. The molecule has 0 aliphatic heterocycles. The molecule has 0 spiro atoms. The molecule has 1 aliphatic carbocycles. The van der Waals surface area contributed by atoms with E-state index in [-0.39, 0.29) is 12.8 Å². The number of nitrogens with one attached hydrogen (secondary N) is 1. The lowest BCUT2D eigenvalue weighted by Crippen LogP contribution is -2.68. The van der Waals surface area contributed by atoms with Crippen molar-refractivity contribution in [1.29, 1.82) is 0 Å². The molecule has 1 rings (SSSR count). The number of carbonyl (C=O) groups is 4. The lowest BCUT2D eigenvalue weighted by atomic mass is 9.88. The average molecular weight is 400 g/mol. The lowest BCUT2D eigenvalue weighted by Gasteiger charge is -2.39. The highest BCUT2D eigenvalue weighted by Crippen LogP contribution is 2.32. The Hall–Kier alpha value is -2.32. The molecule has 0 heterocycles. The van der Waals surface area contributed by atoms with Crippen LogP contribution < -0.4 is 5.43 Å². The van der Waals surface area contributed by atoms with Crippen LogP contribution >= 0.6 is 0 Å². The number of Topliss-reactive ketones (excluding diaryl/α,β-unsaturated/α-hetero) is 1. The number of carbonyl (C=O) groups excluding carboxylic acids is 4. The summed E-state index contributed by atoms with van der Waals surface area (Å²) in [7, 11) is 1.13. The summed E-state index contributed by atoms with van der Waals surface area (Å²) >= 11 is 0. The fourth-order valence-corrected chi connectivity index (χ4v) is 2.90. The largest absolute Gasteiger partial charge is 0.467 e. The normalized spacial score (nSPS) is 20.6. The summed E-state index contributed by atoms with van der Waals surface area (Å²) < 4.78 is 15.4. The highest BCUT2D eigenvalue weighted by atomic mass is 16.6. The van der Waals surface area contributed by atoms with Gasteiger partial charge in [-0.05, 0) is 60.8 Å². The first-order chi connectivity index (χ1) is 12.7. The minimum Gasteiger partial charge on any atom is -0.467 e. The van der Waals surface area contributed by atoms with Crippen molar-refractivity contribution in [2.75, 3.05) is 7.11 Å². The third-order valence-corrected chi connectivity index (χ3v) is 3.99. The van der Waals surface area contributed by atoms with Gasteiger partial charge in [0.15, 0.2) is 5.78 Å². The Kier molecular flexibility index (Phi) is 7.45. The van der Waals surface area contributed by atoms with Crippen LogP contribution in [0.15, 0.2) is 0 Å². The van der Waals surface area contributed by atoms with Crippen LogP contribution in [0.3, 0.4) is 0 Å². The molecule has 0 saturated heterocycles. The first-order valence-electron chi connectivity index (χ1n) is 9.37. The Morgan fingerprint density at radius 3 is 2.04 bits per heavy atom. The number of nitrogens with zero attached hydrogens (tertiary/aromatic N) is 1. The van der Waals surface area contributed by atoms with Crippen LogP contribution in [0.1, 0.15) is 73.6 Å². The highest BCUT2D eigenvalue weighted by Gasteiger charge is 2.56. The maximum atomic E-state index is 13.0. The Morgan fingerprint density at radius 1 is 0.964 bits per heavy atom. The summed E-state index contributed by atoms with van der Waals surface area (Å²) in [5, 5.41) is 0.645. The van der Waals surface area contributed by atoms with Gasteiger partial charge in [0.25, 0.3) is 0 Å². The molecule has 160 valence electrons. The van der Waals surface area contributed by atoms with E-state index in [1.807, 2.05) is 0 Å². The molecule has 28 heavy (non-hydrogen) atoms. The minimum absolute atomic E-state index is 0.00749. The van der Waals surface area contributed by atoms with Gasteiger partial charge in [-0.2, -0.15) is 5.01 Å². The highest BCUT2D eigenvalue weighted by molar-refractivity contribution is 6.10. The zero-order valence-electron chi connectivity index (χ0n) is 17.8. The van der Waals surface area contributed by atoms with E-state index in [4.69, 9.17) is 14.2 Å². The number of hydrogen-bond donors (Lipinski definition) is 1. The second-order valence-electron chi connectivity index (χ2n) is 8.77. The molecule has 1 N–H and O–H groups in total. The van der Waals surface area contributed by atoms with Crippen molar-refractivity contribution in [3.05, 3.63) is 0 Å². The molecular weight excluding hydrogens is 368 g/mol. The first-order valence-corrected chi connectivity index (χ1v) is 9.37. The van der Waals surface area contributed by atoms with Gasteiger partial charge in [-0.1, -0.05) is 6.42 Å². The van der Waals surface area contributed by atoms with Gasteiger partial charge in [0.05, 0.1) is 7.11 Å². The van der Waals surface area contributed by atoms with Crippen molar-refractivity contribution in [2.45, 2.75) is 90.4 Å². The summed E-state index contributed by atoms with van der Waals surface area (Å²) in [4.78, 5) is 51.0. The Labute approximate surface area is 166 Å². The number of ketones is 1. The van der Waals surface area contributed by atoms with Crippen LogP contribution in [0.25, 0.3) is 0 Å². The standard InChI is InChI=1S/C19H32N2O7/c1-17(2,3)27-15(24)20-21(16(25)28-18(4,5)6)19(14(23)26-7)12-10-8-9-11-13(19)22/h8-12H2,1-7H3,(H,20,24)/t19-/m0/s1. The fourth-order valence-electron chi connectivity index (χ4n) is 2.90. The number of methoxy groups -OCH3 is 1. The molecule has 0 aromatic heterocycles. The maximum absolute atomic E-state index is 13.0. The van der Waals surface area contributed by atoms with Gasteiger partial charge in [-0.15, -0.1) is 0 Å². The van der Waals surface area contributed by atoms with Crippen molar-refractivity contribution >= 4 is 23.9 Å². The molecule has 1 aliphatic rings. The van der Waals surface area contributed by atoms with Crippen molar-refractivity contribution in [1.82, 2.24) is 10.4 Å². The van der Waals surface area contributed by atoms with E-state index in [0.717, 1.165) is 7.11 Å². The van der Waals surface area contributed by atoms with Crippen LogP contribution in [-0.2, 0) is 23.8 Å². The van der Waals surface area contributed by atoms with Gasteiger partial charge in [0.1, 0.15) is 11.2 Å². The monoisotopic (exact) mass is 400 g/mol. The summed E-state index contributed by atoms with van der Waals surface area (Å²) in [6, 6.07) is 0. The summed E-state index contributed by atoms with van der Waals surface area (Å²) in [6.45, 7) is 9.86. The van der Waals surface area contributed by atoms with Crippen LogP contribution in [0.4, 0.5) is 9.59 Å². The van der Waals surface area contributed by atoms with Gasteiger partial charge in [-0.25, -0.2) is 19.8 Å². The molecule has 9 nitrogen and oxygen atoms in total. The van der Waals surface area contributed by atoms with Crippen LogP contribution in [0.2, 0.25) is 0 Å². The summed E-state index contributed by atoms with van der Waals surface area (Å²) in [5.41, 5.74) is -1.53. The van der Waals surface area contributed by atoms with Crippen molar-refractivity contribution < 1.29 is 33.4 Å². The van der Waals surface area contributed by atoms with E-state index in [1.54, 1.807) is 41.5 Å². The third kappa shape index (κ3) is 6.10. The fraction of sp³-hybridized carbons (Fsp3) is 0.789. The molecule has 0 unspecified atom stereocenters. The van der Waals surface area contributed by atoms with Gasteiger partial charge < -0.3 is 14.2 Å². The molecule has 9 heteroatoms. The molecule has 0 bridgehead atoms. The lowest BCUT2D eigenvalue weighted by molar-refractivity contribution is -0.163. The molecular formula is C19H32N2O7. The Bertz CT molecular complexity index is 619. The predicted octanol–water partition coefficient (Wildman–Crippen LogP) is 3.11. The van der Waals surface area contributed by atoms with Crippen molar-refractivity contribution in [2.24, 2.45) is 0 Å². The second kappa shape index (κ2) is 8.79. The van der Waals surface area contributed by atoms with Gasteiger partial charge >= 0.3 is 18.2 Å². The molecule has 2 amide bonds. The number of hydrogen-bond acceptors (Lipinski definition) is 7. The number of amides is 2. The SMILES string of the molecule is COC(=O)[C@]1(N(NC(=O)OC(C)(C)C)C(=O)OC(C)(C)C)CCCCCC1=O. The molecule has 0 aromatic carbocycles. The smallest absolute Gasteiger partial charge is 0.430 e. The van der Waals surface area contributed by atoms with E-state index in [9.17, 15) is 19.2 Å². The summed E-state index contributed by atoms with van der Waals surface area (Å²) in [6.07, 6.45) is -0.169. The number of ether oxygens (including phenoxy) is 3. The molecule has 1 atom stereocenters. The topological polar surface area (TPSA) is 111 Å². The van der Waals surface area contributed by atoms with Gasteiger partial charge in [0.2, 0.25) is 5.54 Å². The zero-order valence-corrected chi connectivity index (χ0v) is 17.8. The van der Waals surface area contributed by atoms with Gasteiger partial charge in [0, 0.05) is 6.42 Å². The second-order valence-corrected chi connectivity index (χ2v) is 8.77. The predicted molar refractivity (Wildman–Crippen MR) is 100 cm³/mol. The molecule has 1 fully saturated rings. The van der Waals surface area contributed by atoms with Crippen molar-refractivity contribution in [3.63, 3.8) is 0 Å². The minimum atomic E-state index is -2.01. The van der Waals surface area contributed by atoms with E-state index >= 15 is 0 Å². The van der Waals surface area contributed by atoms with Gasteiger partial charge in [-0.3, -0.25) is 4.79 Å². The van der Waals surface area contributed by atoms with E-state index in [0.29, 0.717) is 24.3 Å². The van der Waals surface area contributed by atoms with E-state index in [1.165, 1.54) is 0 Å². The third-order valence-electron chi connectivity index (χ3n) is 3.99. The zero-order chi connectivity index (χ0) is 21.8. The van der Waals surface area contributed by atoms with E-state index in [2.05, 4.69) is 5.43 Å². The Morgan fingerprint density at radius 2 is 1.54 bits per heavy atom. The number of rotatable bonds is 2. The quantitative estimate of drug-likeness (QED) is 0.249. The first kappa shape index (κ1) is 23.7. The van der Waals surface area contributed by atoms with Crippen molar-refractivity contribution in [3.8, 4) is 0 Å². The van der Waals surface area contributed by atoms with E-state index < -0.39 is 40.7 Å². The average Bonchev–Trinajstić information content (AvgIpc) is 2.71.